The molecule has 0 bridgehead atoms. The molecule has 0 unspecified atom stereocenters. The summed E-state index contributed by atoms with van der Waals surface area (Å²) in [4.78, 5) is 14.9. The monoisotopic (exact) mass is 420 g/mol. The number of halogens is 1. The molecule has 2 aromatic carbocycles. The molecule has 1 saturated heterocycles. The zero-order chi connectivity index (χ0) is 16.1. The zero-order valence-electron chi connectivity index (χ0n) is 13.0. The first-order valence-electron chi connectivity index (χ1n) is 8.03. The smallest absolute Gasteiger partial charge is 0.228 e. The third-order valence-electron chi connectivity index (χ3n) is 4.24. The van der Waals surface area contributed by atoms with Gasteiger partial charge in [0.05, 0.1) is 5.92 Å². The first-order chi connectivity index (χ1) is 11.2. The van der Waals surface area contributed by atoms with Crippen molar-refractivity contribution >= 4 is 34.2 Å². The Hall–Kier alpha value is -1.40. The third-order valence-corrected chi connectivity index (χ3v) is 4.96. The maximum Gasteiger partial charge on any atom is 0.228 e. The number of piperidine rings is 1. The van der Waals surface area contributed by atoms with E-state index in [1.54, 1.807) is 0 Å². The molecule has 3 nitrogen and oxygen atoms in total. The SMILES string of the molecule is O=C(Nc1ccc(I)cc1)[C@H]1CCCN(Cc2ccccc2)C1. The first-order valence-corrected chi connectivity index (χ1v) is 9.11. The molecule has 4 heteroatoms. The van der Waals surface area contributed by atoms with Crippen LogP contribution >= 0.6 is 22.6 Å². The van der Waals surface area contributed by atoms with Crippen LogP contribution in [0.2, 0.25) is 0 Å². The second kappa shape index (κ2) is 7.93. The summed E-state index contributed by atoms with van der Waals surface area (Å²) in [6.07, 6.45) is 2.05. The summed E-state index contributed by atoms with van der Waals surface area (Å²) in [5, 5.41) is 3.05. The van der Waals surface area contributed by atoms with E-state index in [0.29, 0.717) is 0 Å². The number of nitrogens with zero attached hydrogens (tertiary/aromatic N) is 1. The lowest BCUT2D eigenvalue weighted by Crippen LogP contribution is -2.40. The molecule has 1 atom stereocenters. The molecule has 1 amide bonds. The van der Waals surface area contributed by atoms with Gasteiger partial charge in [-0.15, -0.1) is 0 Å². The highest BCUT2D eigenvalue weighted by Crippen LogP contribution is 2.21. The topological polar surface area (TPSA) is 32.3 Å². The number of nitrogens with one attached hydrogen (secondary N) is 1. The molecular formula is C19H21IN2O. The summed E-state index contributed by atoms with van der Waals surface area (Å²) in [5.74, 6) is 0.218. The van der Waals surface area contributed by atoms with Gasteiger partial charge >= 0.3 is 0 Å². The van der Waals surface area contributed by atoms with Gasteiger partial charge in [-0.3, -0.25) is 9.69 Å². The van der Waals surface area contributed by atoms with Crippen LogP contribution in [0, 0.1) is 9.49 Å². The van der Waals surface area contributed by atoms with Crippen molar-refractivity contribution in [2.24, 2.45) is 5.92 Å². The molecule has 1 fully saturated rings. The van der Waals surface area contributed by atoms with E-state index >= 15 is 0 Å². The van der Waals surface area contributed by atoms with Crippen LogP contribution in [0.3, 0.4) is 0 Å². The standard InChI is InChI=1S/C19H21IN2O/c20-17-8-10-18(11-9-17)21-19(23)16-7-4-12-22(14-16)13-15-5-2-1-3-6-15/h1-3,5-6,8-11,16H,4,7,12-14H2,(H,21,23)/t16-/m0/s1. The Bertz CT molecular complexity index is 642. The van der Waals surface area contributed by atoms with Gasteiger partial charge < -0.3 is 5.32 Å². The van der Waals surface area contributed by atoms with E-state index in [9.17, 15) is 4.79 Å². The molecular weight excluding hydrogens is 399 g/mol. The molecule has 0 radical (unpaired) electrons. The van der Waals surface area contributed by atoms with Crippen LogP contribution in [-0.4, -0.2) is 23.9 Å². The summed E-state index contributed by atoms with van der Waals surface area (Å²) in [5.41, 5.74) is 2.20. The van der Waals surface area contributed by atoms with Gasteiger partial charge in [0.15, 0.2) is 0 Å². The van der Waals surface area contributed by atoms with Gasteiger partial charge in [0, 0.05) is 22.3 Å². The second-order valence-corrected chi connectivity index (χ2v) is 7.30. The normalized spacial score (nSPS) is 18.6. The van der Waals surface area contributed by atoms with Crippen LogP contribution < -0.4 is 5.32 Å². The van der Waals surface area contributed by atoms with Crippen LogP contribution in [-0.2, 0) is 11.3 Å². The van der Waals surface area contributed by atoms with Crippen LogP contribution in [0.1, 0.15) is 18.4 Å². The maximum atomic E-state index is 12.5. The summed E-state index contributed by atoms with van der Waals surface area (Å²) < 4.78 is 1.17. The third kappa shape index (κ3) is 4.78. The number of carbonyl (C=O) groups excluding carboxylic acids is 1. The Morgan fingerprint density at radius 1 is 1.13 bits per heavy atom. The van der Waals surface area contributed by atoms with E-state index in [2.05, 4.69) is 57.1 Å². The number of carbonyl (C=O) groups is 1. The molecule has 0 saturated carbocycles. The maximum absolute atomic E-state index is 12.5. The predicted molar refractivity (Wildman–Crippen MR) is 102 cm³/mol. The molecule has 0 aliphatic carbocycles. The van der Waals surface area contributed by atoms with Crippen molar-refractivity contribution in [3.05, 3.63) is 63.7 Å². The number of benzene rings is 2. The van der Waals surface area contributed by atoms with Gasteiger partial charge in [-0.25, -0.2) is 0 Å². The molecule has 1 aliphatic heterocycles. The Balaban J connectivity index is 1.57. The quantitative estimate of drug-likeness (QED) is 0.755. The first kappa shape index (κ1) is 16.5. The van der Waals surface area contributed by atoms with Crippen LogP contribution in [0.4, 0.5) is 5.69 Å². The largest absolute Gasteiger partial charge is 0.326 e. The molecule has 2 aromatic rings. The van der Waals surface area contributed by atoms with Crippen molar-refractivity contribution in [3.8, 4) is 0 Å². The molecule has 0 spiro atoms. The van der Waals surface area contributed by atoms with Crippen molar-refractivity contribution in [3.63, 3.8) is 0 Å². The van der Waals surface area contributed by atoms with E-state index in [1.165, 1.54) is 9.13 Å². The number of amides is 1. The van der Waals surface area contributed by atoms with Gasteiger partial charge in [-0.2, -0.15) is 0 Å². The Morgan fingerprint density at radius 2 is 1.87 bits per heavy atom. The van der Waals surface area contributed by atoms with Crippen LogP contribution in [0.5, 0.6) is 0 Å². The highest BCUT2D eigenvalue weighted by Gasteiger charge is 2.25. The van der Waals surface area contributed by atoms with E-state index in [-0.39, 0.29) is 11.8 Å². The minimum absolute atomic E-state index is 0.0757. The molecule has 23 heavy (non-hydrogen) atoms. The lowest BCUT2D eigenvalue weighted by molar-refractivity contribution is -0.121. The summed E-state index contributed by atoms with van der Waals surface area (Å²) in [7, 11) is 0. The highest BCUT2D eigenvalue weighted by atomic mass is 127. The number of hydrogen-bond acceptors (Lipinski definition) is 2. The fraction of sp³-hybridized carbons (Fsp3) is 0.316. The van der Waals surface area contributed by atoms with Gasteiger partial charge in [0.1, 0.15) is 0 Å². The number of rotatable bonds is 4. The van der Waals surface area contributed by atoms with E-state index in [0.717, 1.165) is 38.2 Å². The van der Waals surface area contributed by atoms with Gasteiger partial charge in [-0.1, -0.05) is 30.3 Å². The van der Waals surface area contributed by atoms with E-state index in [1.807, 2.05) is 30.3 Å². The van der Waals surface area contributed by atoms with Crippen molar-refractivity contribution in [2.75, 3.05) is 18.4 Å². The molecule has 0 aromatic heterocycles. The summed E-state index contributed by atoms with van der Waals surface area (Å²) in [6.45, 7) is 2.83. The average Bonchev–Trinajstić information content (AvgIpc) is 2.58. The Kier molecular flexibility index (Phi) is 5.67. The fourth-order valence-electron chi connectivity index (χ4n) is 3.03. The predicted octanol–water partition coefficient (Wildman–Crippen LogP) is 4.14. The zero-order valence-corrected chi connectivity index (χ0v) is 15.2. The van der Waals surface area contributed by atoms with Crippen molar-refractivity contribution < 1.29 is 4.79 Å². The summed E-state index contributed by atoms with van der Waals surface area (Å²) in [6, 6.07) is 18.4. The van der Waals surface area contributed by atoms with Crippen molar-refractivity contribution in [2.45, 2.75) is 19.4 Å². The second-order valence-electron chi connectivity index (χ2n) is 6.06. The van der Waals surface area contributed by atoms with Gasteiger partial charge in [-0.05, 0) is 71.8 Å². The number of hydrogen-bond donors (Lipinski definition) is 1. The lowest BCUT2D eigenvalue weighted by Gasteiger charge is -2.32. The van der Waals surface area contributed by atoms with Crippen molar-refractivity contribution in [1.82, 2.24) is 4.90 Å². The van der Waals surface area contributed by atoms with Crippen molar-refractivity contribution in [1.29, 1.82) is 0 Å². The Morgan fingerprint density at radius 3 is 2.61 bits per heavy atom. The molecule has 3 rings (SSSR count). The molecule has 120 valence electrons. The minimum Gasteiger partial charge on any atom is -0.326 e. The van der Waals surface area contributed by atoms with Crippen LogP contribution in [0.15, 0.2) is 54.6 Å². The summed E-state index contributed by atoms with van der Waals surface area (Å²) >= 11 is 2.27. The molecule has 1 N–H and O–H groups in total. The molecule has 1 heterocycles. The lowest BCUT2D eigenvalue weighted by atomic mass is 9.96. The van der Waals surface area contributed by atoms with E-state index in [4.69, 9.17) is 0 Å². The number of anilines is 1. The molecule has 1 aliphatic rings. The Labute approximate surface area is 151 Å². The van der Waals surface area contributed by atoms with Gasteiger partial charge in [0.2, 0.25) is 5.91 Å². The van der Waals surface area contributed by atoms with Gasteiger partial charge in [0.25, 0.3) is 0 Å². The minimum atomic E-state index is 0.0757. The van der Waals surface area contributed by atoms with E-state index < -0.39 is 0 Å². The average molecular weight is 420 g/mol. The van der Waals surface area contributed by atoms with Crippen LogP contribution in [0.25, 0.3) is 0 Å². The fourth-order valence-corrected chi connectivity index (χ4v) is 3.39. The highest BCUT2D eigenvalue weighted by molar-refractivity contribution is 14.1. The number of likely N-dealkylation sites (tertiary alicyclic amines) is 1.